The first-order chi connectivity index (χ1) is 16.6. The van der Waals surface area contributed by atoms with Crippen LogP contribution in [0.25, 0.3) is 5.57 Å². The number of nitrogens with one attached hydrogen (secondary N) is 1. The summed E-state index contributed by atoms with van der Waals surface area (Å²) in [5.41, 5.74) is 1.89. The number of imide groups is 1. The monoisotopic (exact) mass is 458 g/mol. The van der Waals surface area contributed by atoms with Gasteiger partial charge in [-0.25, -0.2) is 0 Å². The van der Waals surface area contributed by atoms with E-state index in [9.17, 15) is 9.59 Å². The average molecular weight is 459 g/mol. The standard InChI is InChI=1S/C27H26N2O5/c1-3-33-23-11-7-10-20(18-23)28-25-24(19-8-5-4-6-9-19)26(30)29(27(25)31)16-17-34-22-14-12-21(32-2)13-15-22/h4-15,18,28H,3,16-17H2,1-2H3. The first-order valence-corrected chi connectivity index (χ1v) is 11.0. The highest BCUT2D eigenvalue weighted by atomic mass is 16.5. The van der Waals surface area contributed by atoms with E-state index >= 15 is 0 Å². The van der Waals surface area contributed by atoms with Gasteiger partial charge in [-0.15, -0.1) is 0 Å². The molecule has 1 aliphatic rings. The van der Waals surface area contributed by atoms with Gasteiger partial charge < -0.3 is 19.5 Å². The lowest BCUT2D eigenvalue weighted by atomic mass is 10.0. The van der Waals surface area contributed by atoms with Crippen LogP contribution in [-0.4, -0.2) is 43.6 Å². The van der Waals surface area contributed by atoms with Gasteiger partial charge in [-0.05, 0) is 48.9 Å². The second-order valence-electron chi connectivity index (χ2n) is 7.49. The topological polar surface area (TPSA) is 77.1 Å². The van der Waals surface area contributed by atoms with Crippen LogP contribution in [0.1, 0.15) is 12.5 Å². The SMILES string of the molecule is CCOc1cccc(NC2=C(c3ccccc3)C(=O)N(CCOc3ccc(OC)cc3)C2=O)c1. The van der Waals surface area contributed by atoms with Crippen molar-refractivity contribution in [3.63, 3.8) is 0 Å². The molecule has 0 radical (unpaired) electrons. The zero-order chi connectivity index (χ0) is 23.9. The largest absolute Gasteiger partial charge is 0.497 e. The molecule has 34 heavy (non-hydrogen) atoms. The van der Waals surface area contributed by atoms with Crippen LogP contribution >= 0.6 is 0 Å². The third kappa shape index (κ3) is 5.04. The van der Waals surface area contributed by atoms with Crippen LogP contribution in [0.2, 0.25) is 0 Å². The number of methoxy groups -OCH3 is 1. The Morgan fingerprint density at radius 2 is 1.53 bits per heavy atom. The molecule has 4 rings (SSSR count). The third-order valence-corrected chi connectivity index (χ3v) is 5.29. The fourth-order valence-corrected chi connectivity index (χ4v) is 3.67. The Morgan fingerprint density at radius 1 is 0.794 bits per heavy atom. The summed E-state index contributed by atoms with van der Waals surface area (Å²) in [5, 5.41) is 3.15. The number of carbonyl (C=O) groups excluding carboxylic acids is 2. The van der Waals surface area contributed by atoms with Gasteiger partial charge >= 0.3 is 0 Å². The summed E-state index contributed by atoms with van der Waals surface area (Å²) in [7, 11) is 1.59. The molecule has 7 nitrogen and oxygen atoms in total. The van der Waals surface area contributed by atoms with Crippen molar-refractivity contribution in [1.82, 2.24) is 4.90 Å². The second-order valence-corrected chi connectivity index (χ2v) is 7.49. The number of carbonyl (C=O) groups is 2. The van der Waals surface area contributed by atoms with Crippen molar-refractivity contribution in [2.24, 2.45) is 0 Å². The summed E-state index contributed by atoms with van der Waals surface area (Å²) >= 11 is 0. The zero-order valence-electron chi connectivity index (χ0n) is 19.1. The van der Waals surface area contributed by atoms with Crippen LogP contribution in [-0.2, 0) is 9.59 Å². The van der Waals surface area contributed by atoms with Gasteiger partial charge in [0.25, 0.3) is 11.8 Å². The van der Waals surface area contributed by atoms with E-state index in [4.69, 9.17) is 14.2 Å². The van der Waals surface area contributed by atoms with Gasteiger partial charge in [0.1, 0.15) is 29.6 Å². The predicted molar refractivity (Wildman–Crippen MR) is 130 cm³/mol. The first-order valence-electron chi connectivity index (χ1n) is 11.0. The number of hydrogen-bond donors (Lipinski definition) is 1. The Labute approximate surface area is 198 Å². The highest BCUT2D eigenvalue weighted by Gasteiger charge is 2.39. The molecule has 0 aromatic heterocycles. The number of anilines is 1. The number of ether oxygens (including phenoxy) is 3. The van der Waals surface area contributed by atoms with Crippen LogP contribution in [0, 0.1) is 0 Å². The van der Waals surface area contributed by atoms with E-state index in [1.807, 2.05) is 55.5 Å². The lowest BCUT2D eigenvalue weighted by Gasteiger charge is -2.16. The molecule has 0 bridgehead atoms. The minimum absolute atomic E-state index is 0.115. The van der Waals surface area contributed by atoms with Gasteiger partial charge in [0.2, 0.25) is 0 Å². The molecule has 174 valence electrons. The normalized spacial score (nSPS) is 13.3. The summed E-state index contributed by atoms with van der Waals surface area (Å²) in [5.74, 6) is 1.26. The minimum atomic E-state index is -0.399. The molecule has 0 spiro atoms. The van der Waals surface area contributed by atoms with E-state index in [1.54, 1.807) is 37.4 Å². The lowest BCUT2D eigenvalue weighted by Crippen LogP contribution is -2.36. The van der Waals surface area contributed by atoms with Crippen LogP contribution in [0.4, 0.5) is 5.69 Å². The number of amides is 2. The summed E-state index contributed by atoms with van der Waals surface area (Å²) in [6.07, 6.45) is 0. The fourth-order valence-electron chi connectivity index (χ4n) is 3.67. The molecule has 0 saturated carbocycles. The highest BCUT2D eigenvalue weighted by molar-refractivity contribution is 6.36. The molecule has 1 heterocycles. The third-order valence-electron chi connectivity index (χ3n) is 5.29. The van der Waals surface area contributed by atoms with Crippen molar-refractivity contribution in [3.05, 3.63) is 90.1 Å². The average Bonchev–Trinajstić information content (AvgIpc) is 3.09. The lowest BCUT2D eigenvalue weighted by molar-refractivity contribution is -0.137. The van der Waals surface area contributed by atoms with Crippen molar-refractivity contribution in [3.8, 4) is 17.2 Å². The summed E-state index contributed by atoms with van der Waals surface area (Å²) in [6, 6.07) is 23.6. The van der Waals surface area contributed by atoms with Gasteiger partial charge in [0.05, 0.1) is 25.8 Å². The Balaban J connectivity index is 1.54. The summed E-state index contributed by atoms with van der Waals surface area (Å²) < 4.78 is 16.4. The van der Waals surface area contributed by atoms with Crippen LogP contribution in [0.5, 0.6) is 17.2 Å². The van der Waals surface area contributed by atoms with E-state index in [-0.39, 0.29) is 24.8 Å². The molecule has 0 fully saturated rings. The van der Waals surface area contributed by atoms with E-state index < -0.39 is 5.91 Å². The van der Waals surface area contributed by atoms with Gasteiger partial charge in [-0.2, -0.15) is 0 Å². The fraction of sp³-hybridized carbons (Fsp3) is 0.185. The number of hydrogen-bond acceptors (Lipinski definition) is 6. The number of benzene rings is 3. The van der Waals surface area contributed by atoms with E-state index in [1.165, 1.54) is 4.90 Å². The van der Waals surface area contributed by atoms with E-state index in [0.717, 1.165) is 5.75 Å². The molecular formula is C27H26N2O5. The van der Waals surface area contributed by atoms with Crippen molar-refractivity contribution < 1.29 is 23.8 Å². The first kappa shape index (κ1) is 22.9. The van der Waals surface area contributed by atoms with Crippen molar-refractivity contribution in [1.29, 1.82) is 0 Å². The summed E-state index contributed by atoms with van der Waals surface area (Å²) in [4.78, 5) is 27.9. The molecule has 1 N–H and O–H groups in total. The Morgan fingerprint density at radius 3 is 2.24 bits per heavy atom. The highest BCUT2D eigenvalue weighted by Crippen LogP contribution is 2.31. The van der Waals surface area contributed by atoms with E-state index in [2.05, 4.69) is 5.32 Å². The molecule has 1 aliphatic heterocycles. The molecule has 0 atom stereocenters. The van der Waals surface area contributed by atoms with Gasteiger partial charge in [0.15, 0.2) is 0 Å². The Bertz CT molecular complexity index is 1190. The van der Waals surface area contributed by atoms with Crippen molar-refractivity contribution in [2.75, 3.05) is 32.2 Å². The van der Waals surface area contributed by atoms with Crippen LogP contribution in [0.3, 0.4) is 0 Å². The molecule has 3 aromatic carbocycles. The minimum Gasteiger partial charge on any atom is -0.497 e. The molecule has 0 unspecified atom stereocenters. The molecule has 7 heteroatoms. The Hall–Kier alpha value is -4.26. The van der Waals surface area contributed by atoms with E-state index in [0.29, 0.717) is 34.9 Å². The maximum absolute atomic E-state index is 13.3. The van der Waals surface area contributed by atoms with Gasteiger partial charge in [0, 0.05) is 11.8 Å². The van der Waals surface area contributed by atoms with Gasteiger partial charge in [-0.1, -0.05) is 36.4 Å². The maximum atomic E-state index is 13.3. The second kappa shape index (κ2) is 10.6. The number of nitrogens with zero attached hydrogens (tertiary/aromatic N) is 1. The predicted octanol–water partition coefficient (Wildman–Crippen LogP) is 4.36. The zero-order valence-corrected chi connectivity index (χ0v) is 19.1. The molecule has 2 amide bonds. The van der Waals surface area contributed by atoms with Crippen molar-refractivity contribution in [2.45, 2.75) is 6.92 Å². The molecule has 0 saturated heterocycles. The molecule has 3 aromatic rings. The number of rotatable bonds is 10. The molecular weight excluding hydrogens is 432 g/mol. The smallest absolute Gasteiger partial charge is 0.278 e. The van der Waals surface area contributed by atoms with Crippen molar-refractivity contribution >= 4 is 23.1 Å². The summed E-state index contributed by atoms with van der Waals surface area (Å²) in [6.45, 7) is 2.71. The molecule has 0 aliphatic carbocycles. The quantitative estimate of drug-likeness (QED) is 0.455. The maximum Gasteiger partial charge on any atom is 0.278 e. The van der Waals surface area contributed by atoms with Gasteiger partial charge in [-0.3, -0.25) is 14.5 Å². The Kier molecular flexibility index (Phi) is 7.13. The van der Waals surface area contributed by atoms with Crippen LogP contribution < -0.4 is 19.5 Å². The van der Waals surface area contributed by atoms with Crippen LogP contribution in [0.15, 0.2) is 84.6 Å².